The van der Waals surface area contributed by atoms with Crippen molar-refractivity contribution in [3.63, 3.8) is 0 Å². The summed E-state index contributed by atoms with van der Waals surface area (Å²) in [5, 5.41) is 6.54. The first kappa shape index (κ1) is 20.6. The minimum atomic E-state index is 0. The first-order valence-corrected chi connectivity index (χ1v) is 7.40. The van der Waals surface area contributed by atoms with Gasteiger partial charge in [0.25, 0.3) is 0 Å². The van der Waals surface area contributed by atoms with Crippen molar-refractivity contribution in [1.82, 2.24) is 5.32 Å². The summed E-state index contributed by atoms with van der Waals surface area (Å²) in [5.74, 6) is 2.41. The van der Waals surface area contributed by atoms with Gasteiger partial charge >= 0.3 is 0 Å². The van der Waals surface area contributed by atoms with E-state index >= 15 is 0 Å². The van der Waals surface area contributed by atoms with Crippen LogP contribution in [0.5, 0.6) is 17.2 Å². The first-order chi connectivity index (χ1) is 11.0. The van der Waals surface area contributed by atoms with Gasteiger partial charge in [-0.15, -0.1) is 24.0 Å². The van der Waals surface area contributed by atoms with Crippen LogP contribution in [-0.2, 0) is 4.74 Å². The van der Waals surface area contributed by atoms with Gasteiger partial charge < -0.3 is 29.6 Å². The average molecular weight is 451 g/mol. The molecule has 1 heterocycles. The Kier molecular flexibility index (Phi) is 7.88. The summed E-state index contributed by atoms with van der Waals surface area (Å²) in [5.41, 5.74) is 0.954. The number of methoxy groups -OCH3 is 3. The molecule has 7 nitrogen and oxygen atoms in total. The highest BCUT2D eigenvalue weighted by molar-refractivity contribution is 14.0. The molecule has 0 atom stereocenters. The second-order valence-corrected chi connectivity index (χ2v) is 5.77. The fourth-order valence-corrected chi connectivity index (χ4v) is 2.32. The van der Waals surface area contributed by atoms with Gasteiger partial charge in [-0.2, -0.15) is 0 Å². The van der Waals surface area contributed by atoms with Crippen molar-refractivity contribution in [1.29, 1.82) is 0 Å². The minimum absolute atomic E-state index is 0. The monoisotopic (exact) mass is 451 g/mol. The normalized spacial score (nSPS) is 15.6. The lowest BCUT2D eigenvalue weighted by Gasteiger charge is -2.38. The molecule has 1 aromatic rings. The van der Waals surface area contributed by atoms with Gasteiger partial charge in [-0.1, -0.05) is 6.92 Å². The first-order valence-electron chi connectivity index (χ1n) is 7.40. The molecular formula is C16H26IN3O4. The van der Waals surface area contributed by atoms with E-state index in [1.54, 1.807) is 28.4 Å². The minimum Gasteiger partial charge on any atom is -0.493 e. The average Bonchev–Trinajstić information content (AvgIpc) is 2.55. The Morgan fingerprint density at radius 2 is 1.75 bits per heavy atom. The zero-order chi connectivity index (χ0) is 16.9. The highest BCUT2D eigenvalue weighted by atomic mass is 127. The van der Waals surface area contributed by atoms with Crippen molar-refractivity contribution in [2.45, 2.75) is 6.92 Å². The molecule has 2 rings (SSSR count). The second-order valence-electron chi connectivity index (χ2n) is 5.77. The molecule has 1 aliphatic rings. The summed E-state index contributed by atoms with van der Waals surface area (Å²) in [7, 11) is 6.49. The van der Waals surface area contributed by atoms with Gasteiger partial charge in [0.05, 0.1) is 34.5 Å². The standard InChI is InChI=1S/C16H25N3O4.HI/c1-16(9-23-10-16)8-18-15(17-2)19-11-6-12(20-3)14(22-5)13(7-11)21-4;/h6-7H,8-10H2,1-5H3,(H2,17,18,19);1H. The summed E-state index contributed by atoms with van der Waals surface area (Å²) in [6.45, 7) is 4.50. The lowest BCUT2D eigenvalue weighted by Crippen LogP contribution is -2.49. The van der Waals surface area contributed by atoms with E-state index in [2.05, 4.69) is 22.5 Å². The number of anilines is 1. The summed E-state index contributed by atoms with van der Waals surface area (Å²) in [6, 6.07) is 3.67. The van der Waals surface area contributed by atoms with Crippen molar-refractivity contribution in [2.75, 3.05) is 53.5 Å². The molecule has 0 amide bonds. The largest absolute Gasteiger partial charge is 0.493 e. The van der Waals surface area contributed by atoms with Crippen LogP contribution in [0, 0.1) is 5.41 Å². The quantitative estimate of drug-likeness (QED) is 0.393. The van der Waals surface area contributed by atoms with Crippen LogP contribution < -0.4 is 24.8 Å². The van der Waals surface area contributed by atoms with Gasteiger partial charge in [0.15, 0.2) is 17.5 Å². The maximum Gasteiger partial charge on any atom is 0.203 e. The molecule has 0 radical (unpaired) electrons. The highest BCUT2D eigenvalue weighted by Crippen LogP contribution is 2.39. The molecule has 24 heavy (non-hydrogen) atoms. The van der Waals surface area contributed by atoms with Gasteiger partial charge in [-0.25, -0.2) is 0 Å². The Balaban J connectivity index is 0.00000288. The molecule has 2 N–H and O–H groups in total. The Morgan fingerprint density at radius 1 is 1.17 bits per heavy atom. The number of halogens is 1. The van der Waals surface area contributed by atoms with E-state index in [4.69, 9.17) is 18.9 Å². The van der Waals surface area contributed by atoms with Crippen LogP contribution in [0.15, 0.2) is 17.1 Å². The van der Waals surface area contributed by atoms with E-state index in [1.807, 2.05) is 12.1 Å². The van der Waals surface area contributed by atoms with E-state index < -0.39 is 0 Å². The highest BCUT2D eigenvalue weighted by Gasteiger charge is 2.33. The molecular weight excluding hydrogens is 425 g/mol. The maximum atomic E-state index is 5.35. The van der Waals surface area contributed by atoms with Gasteiger partial charge in [0, 0.05) is 36.8 Å². The Hall–Kier alpha value is -1.42. The smallest absolute Gasteiger partial charge is 0.203 e. The SMILES string of the molecule is CN=C(NCC1(C)COC1)Nc1cc(OC)c(OC)c(OC)c1.I. The fourth-order valence-electron chi connectivity index (χ4n) is 2.32. The third-order valence-electron chi connectivity index (χ3n) is 3.73. The fraction of sp³-hybridized carbons (Fsp3) is 0.562. The van der Waals surface area contributed by atoms with E-state index in [0.29, 0.717) is 23.2 Å². The van der Waals surface area contributed by atoms with E-state index in [0.717, 1.165) is 25.4 Å². The van der Waals surface area contributed by atoms with Crippen molar-refractivity contribution in [2.24, 2.45) is 10.4 Å². The van der Waals surface area contributed by atoms with E-state index in [-0.39, 0.29) is 29.4 Å². The molecule has 0 spiro atoms. The molecule has 1 aromatic carbocycles. The molecule has 0 bridgehead atoms. The van der Waals surface area contributed by atoms with Crippen molar-refractivity contribution in [3.05, 3.63) is 12.1 Å². The van der Waals surface area contributed by atoms with Crippen molar-refractivity contribution < 1.29 is 18.9 Å². The molecule has 0 aliphatic carbocycles. The van der Waals surface area contributed by atoms with Crippen LogP contribution >= 0.6 is 24.0 Å². The van der Waals surface area contributed by atoms with E-state index in [9.17, 15) is 0 Å². The predicted molar refractivity (Wildman–Crippen MR) is 105 cm³/mol. The molecule has 0 saturated carbocycles. The van der Waals surface area contributed by atoms with Crippen molar-refractivity contribution in [3.8, 4) is 17.2 Å². The summed E-state index contributed by atoms with van der Waals surface area (Å²) in [4.78, 5) is 4.24. The Labute approximate surface area is 160 Å². The number of aliphatic imine (C=N–C) groups is 1. The topological polar surface area (TPSA) is 73.3 Å². The molecule has 1 fully saturated rings. The number of rotatable bonds is 6. The molecule has 136 valence electrons. The van der Waals surface area contributed by atoms with Crippen LogP contribution in [0.1, 0.15) is 6.92 Å². The summed E-state index contributed by atoms with van der Waals surface area (Å²) >= 11 is 0. The number of ether oxygens (including phenoxy) is 4. The molecule has 1 aliphatic heterocycles. The van der Waals surface area contributed by atoms with Gasteiger partial charge in [-0.3, -0.25) is 4.99 Å². The number of hydrogen-bond acceptors (Lipinski definition) is 5. The maximum absolute atomic E-state index is 5.35. The molecule has 0 unspecified atom stereocenters. The molecule has 8 heteroatoms. The zero-order valence-electron chi connectivity index (χ0n) is 14.8. The third kappa shape index (κ3) is 4.79. The number of nitrogens with zero attached hydrogens (tertiary/aromatic N) is 1. The van der Waals surface area contributed by atoms with Gasteiger partial charge in [0.2, 0.25) is 5.75 Å². The lowest BCUT2D eigenvalue weighted by atomic mass is 9.89. The van der Waals surface area contributed by atoms with Crippen LogP contribution in [0.4, 0.5) is 5.69 Å². The predicted octanol–water partition coefficient (Wildman–Crippen LogP) is 2.35. The number of nitrogens with one attached hydrogen (secondary N) is 2. The zero-order valence-corrected chi connectivity index (χ0v) is 17.1. The van der Waals surface area contributed by atoms with Crippen LogP contribution in [0.2, 0.25) is 0 Å². The number of hydrogen-bond donors (Lipinski definition) is 2. The summed E-state index contributed by atoms with van der Waals surface area (Å²) < 4.78 is 21.3. The summed E-state index contributed by atoms with van der Waals surface area (Å²) in [6.07, 6.45) is 0. The molecule has 1 saturated heterocycles. The van der Waals surface area contributed by atoms with Crippen LogP contribution in [-0.4, -0.2) is 54.1 Å². The third-order valence-corrected chi connectivity index (χ3v) is 3.73. The number of guanidine groups is 1. The van der Waals surface area contributed by atoms with Gasteiger partial charge in [0.1, 0.15) is 0 Å². The van der Waals surface area contributed by atoms with Gasteiger partial charge in [-0.05, 0) is 0 Å². The van der Waals surface area contributed by atoms with Crippen LogP contribution in [0.3, 0.4) is 0 Å². The Morgan fingerprint density at radius 3 is 2.12 bits per heavy atom. The van der Waals surface area contributed by atoms with Crippen LogP contribution in [0.25, 0.3) is 0 Å². The Bertz CT molecular complexity index is 551. The molecule has 0 aromatic heterocycles. The lowest BCUT2D eigenvalue weighted by molar-refractivity contribution is -0.0970. The van der Waals surface area contributed by atoms with E-state index in [1.165, 1.54) is 0 Å². The second kappa shape index (κ2) is 9.16. The number of benzene rings is 1. The van der Waals surface area contributed by atoms with Crippen molar-refractivity contribution >= 4 is 35.6 Å².